The summed E-state index contributed by atoms with van der Waals surface area (Å²) in [5, 5.41) is 20.4. The van der Waals surface area contributed by atoms with E-state index in [0.717, 1.165) is 32.1 Å². The largest absolute Gasteiger partial charge is 0.508 e. The van der Waals surface area contributed by atoms with Crippen LogP contribution in [0.25, 0.3) is 0 Å². The number of fused-ring (bicyclic) bond motifs is 5. The van der Waals surface area contributed by atoms with E-state index in [9.17, 15) is 15.0 Å². The molecule has 0 amide bonds. The fourth-order valence-corrected chi connectivity index (χ4v) is 5.98. The average molecular weight is 344 g/mol. The maximum Gasteiger partial charge on any atom is 0.305 e. The number of carbonyl (C=O) groups excluding carboxylic acids is 1. The van der Waals surface area contributed by atoms with Gasteiger partial charge in [-0.1, -0.05) is 19.9 Å². The van der Waals surface area contributed by atoms with Crippen molar-refractivity contribution in [2.75, 3.05) is 0 Å². The highest BCUT2D eigenvalue weighted by Gasteiger charge is 2.59. The molecule has 4 heteroatoms. The van der Waals surface area contributed by atoms with Crippen molar-refractivity contribution in [3.8, 4) is 5.75 Å². The Hall–Kier alpha value is -1.55. The summed E-state index contributed by atoms with van der Waals surface area (Å²) in [6.07, 6.45) is 4.26. The molecule has 0 aliphatic heterocycles. The topological polar surface area (TPSA) is 66.8 Å². The molecule has 0 aromatic heterocycles. The Morgan fingerprint density at radius 1 is 1.36 bits per heavy atom. The molecule has 3 aliphatic rings. The van der Waals surface area contributed by atoms with E-state index in [1.807, 2.05) is 6.07 Å². The minimum Gasteiger partial charge on any atom is -0.508 e. The van der Waals surface area contributed by atoms with E-state index in [1.54, 1.807) is 13.0 Å². The SMILES string of the molecule is CCC(=O)O[C@H]1[C@H](O)C[C@H]2[C@@H]3CCc4cc(O)ccc4[C@H]3CC[C@@]21C. The third-order valence-corrected chi connectivity index (χ3v) is 7.19. The van der Waals surface area contributed by atoms with Gasteiger partial charge in [0.2, 0.25) is 0 Å². The summed E-state index contributed by atoms with van der Waals surface area (Å²) >= 11 is 0. The van der Waals surface area contributed by atoms with Gasteiger partial charge >= 0.3 is 5.97 Å². The zero-order valence-corrected chi connectivity index (χ0v) is 15.1. The van der Waals surface area contributed by atoms with Crippen LogP contribution >= 0.6 is 0 Å². The minimum absolute atomic E-state index is 0.125. The molecule has 0 heterocycles. The molecule has 0 radical (unpaired) electrons. The van der Waals surface area contributed by atoms with Crippen LogP contribution in [0, 0.1) is 17.3 Å². The van der Waals surface area contributed by atoms with Gasteiger partial charge < -0.3 is 14.9 Å². The molecule has 2 fully saturated rings. The molecule has 0 saturated heterocycles. The molecule has 0 spiro atoms. The second-order valence-electron chi connectivity index (χ2n) is 8.41. The van der Waals surface area contributed by atoms with Crippen molar-refractivity contribution in [3.05, 3.63) is 29.3 Å². The smallest absolute Gasteiger partial charge is 0.305 e. The Kier molecular flexibility index (Phi) is 4.06. The van der Waals surface area contributed by atoms with E-state index in [1.165, 1.54) is 11.1 Å². The normalized spacial score (nSPS) is 39.2. The van der Waals surface area contributed by atoms with Crippen molar-refractivity contribution in [1.29, 1.82) is 0 Å². The fourth-order valence-electron chi connectivity index (χ4n) is 5.98. The molecule has 2 saturated carbocycles. The number of benzene rings is 1. The predicted octanol–water partition coefficient (Wildman–Crippen LogP) is 3.54. The first-order chi connectivity index (χ1) is 11.9. The van der Waals surface area contributed by atoms with Crippen molar-refractivity contribution in [1.82, 2.24) is 0 Å². The minimum atomic E-state index is -0.550. The van der Waals surface area contributed by atoms with Crippen LogP contribution in [-0.2, 0) is 16.0 Å². The number of aliphatic hydroxyl groups is 1. The summed E-state index contributed by atoms with van der Waals surface area (Å²) in [6.45, 7) is 4.01. The van der Waals surface area contributed by atoms with Crippen LogP contribution in [0.3, 0.4) is 0 Å². The molecule has 1 aromatic rings. The summed E-state index contributed by atoms with van der Waals surface area (Å²) < 4.78 is 5.69. The van der Waals surface area contributed by atoms with Crippen molar-refractivity contribution < 1.29 is 19.7 Å². The molecule has 2 N–H and O–H groups in total. The van der Waals surface area contributed by atoms with Gasteiger partial charge in [0.25, 0.3) is 0 Å². The number of phenols is 1. The number of hydrogen-bond donors (Lipinski definition) is 2. The van der Waals surface area contributed by atoms with Crippen LogP contribution in [0.4, 0.5) is 0 Å². The number of aryl methyl sites for hydroxylation is 1. The Morgan fingerprint density at radius 3 is 2.92 bits per heavy atom. The molecular formula is C21H28O4. The lowest BCUT2D eigenvalue weighted by atomic mass is 9.55. The number of aromatic hydroxyl groups is 1. The van der Waals surface area contributed by atoms with E-state index in [2.05, 4.69) is 13.0 Å². The van der Waals surface area contributed by atoms with Crippen LogP contribution in [0.2, 0.25) is 0 Å². The summed E-state index contributed by atoms with van der Waals surface area (Å²) in [4.78, 5) is 11.9. The molecule has 136 valence electrons. The Labute approximate surface area is 149 Å². The number of phenolic OH excluding ortho intramolecular Hbond substituents is 1. The highest BCUT2D eigenvalue weighted by atomic mass is 16.6. The lowest BCUT2D eigenvalue weighted by Gasteiger charge is -2.50. The van der Waals surface area contributed by atoms with Crippen LogP contribution in [-0.4, -0.2) is 28.4 Å². The molecule has 4 rings (SSSR count). The van der Waals surface area contributed by atoms with E-state index < -0.39 is 6.10 Å². The monoisotopic (exact) mass is 344 g/mol. The second kappa shape index (κ2) is 6.01. The molecule has 6 atom stereocenters. The van der Waals surface area contributed by atoms with Gasteiger partial charge in [-0.25, -0.2) is 0 Å². The molecule has 4 nitrogen and oxygen atoms in total. The third-order valence-electron chi connectivity index (χ3n) is 7.19. The van der Waals surface area contributed by atoms with Crippen molar-refractivity contribution in [2.45, 2.75) is 70.5 Å². The molecule has 25 heavy (non-hydrogen) atoms. The van der Waals surface area contributed by atoms with Gasteiger partial charge in [-0.3, -0.25) is 4.79 Å². The van der Waals surface area contributed by atoms with E-state index >= 15 is 0 Å². The van der Waals surface area contributed by atoms with Crippen molar-refractivity contribution in [2.24, 2.45) is 17.3 Å². The van der Waals surface area contributed by atoms with Gasteiger partial charge in [-0.15, -0.1) is 0 Å². The first-order valence-electron chi connectivity index (χ1n) is 9.63. The Morgan fingerprint density at radius 2 is 2.16 bits per heavy atom. The number of hydrogen-bond acceptors (Lipinski definition) is 4. The number of ether oxygens (including phenoxy) is 1. The number of rotatable bonds is 2. The van der Waals surface area contributed by atoms with Gasteiger partial charge in [0, 0.05) is 11.8 Å². The number of carbonyl (C=O) groups is 1. The molecule has 0 bridgehead atoms. The van der Waals surface area contributed by atoms with Crippen LogP contribution in [0.15, 0.2) is 18.2 Å². The van der Waals surface area contributed by atoms with Gasteiger partial charge in [0.1, 0.15) is 11.9 Å². The van der Waals surface area contributed by atoms with Gasteiger partial charge in [-0.05, 0) is 73.1 Å². The predicted molar refractivity (Wildman–Crippen MR) is 94.3 cm³/mol. The Balaban J connectivity index is 1.63. The van der Waals surface area contributed by atoms with Crippen LogP contribution in [0.5, 0.6) is 5.75 Å². The zero-order chi connectivity index (χ0) is 17.8. The number of esters is 1. The summed E-state index contributed by atoms with van der Waals surface area (Å²) in [6, 6.07) is 5.79. The summed E-state index contributed by atoms with van der Waals surface area (Å²) in [5.74, 6) is 1.54. The molecule has 0 unspecified atom stereocenters. The van der Waals surface area contributed by atoms with Crippen molar-refractivity contribution in [3.63, 3.8) is 0 Å². The fraction of sp³-hybridized carbons (Fsp3) is 0.667. The zero-order valence-electron chi connectivity index (χ0n) is 15.1. The molecular weight excluding hydrogens is 316 g/mol. The quantitative estimate of drug-likeness (QED) is 0.805. The van der Waals surface area contributed by atoms with E-state index in [-0.39, 0.29) is 17.5 Å². The summed E-state index contributed by atoms with van der Waals surface area (Å²) in [5.41, 5.74) is 2.52. The third kappa shape index (κ3) is 2.57. The first-order valence-corrected chi connectivity index (χ1v) is 9.63. The van der Waals surface area contributed by atoms with Crippen molar-refractivity contribution >= 4 is 5.97 Å². The standard InChI is InChI=1S/C21H28O4/c1-3-19(24)25-20-18(23)11-17-16-6-4-12-10-13(22)5-7-14(12)15(16)8-9-21(17,20)2/h5,7,10,15-18,20,22-23H,3-4,6,8-9,11H2,1-2H3/t15-,16-,17+,18-,20+,21+/m1/s1. The van der Waals surface area contributed by atoms with E-state index in [0.29, 0.717) is 29.9 Å². The van der Waals surface area contributed by atoms with Gasteiger partial charge in [0.15, 0.2) is 0 Å². The maximum absolute atomic E-state index is 11.9. The highest BCUT2D eigenvalue weighted by Crippen LogP contribution is 2.61. The Bertz CT molecular complexity index is 684. The van der Waals surface area contributed by atoms with Gasteiger partial charge in [-0.2, -0.15) is 0 Å². The van der Waals surface area contributed by atoms with E-state index in [4.69, 9.17) is 4.74 Å². The lowest BCUT2D eigenvalue weighted by Crippen LogP contribution is -2.46. The molecule has 1 aromatic carbocycles. The summed E-state index contributed by atoms with van der Waals surface area (Å²) in [7, 11) is 0. The van der Waals surface area contributed by atoms with Gasteiger partial charge in [0.05, 0.1) is 6.10 Å². The first kappa shape index (κ1) is 16.9. The second-order valence-corrected chi connectivity index (χ2v) is 8.41. The van der Waals surface area contributed by atoms with Crippen LogP contribution in [0.1, 0.15) is 63.0 Å². The highest BCUT2D eigenvalue weighted by molar-refractivity contribution is 5.69. The molecule has 3 aliphatic carbocycles. The average Bonchev–Trinajstić information content (AvgIpc) is 2.85. The number of aliphatic hydroxyl groups excluding tert-OH is 1. The van der Waals surface area contributed by atoms with Crippen LogP contribution < -0.4 is 0 Å². The maximum atomic E-state index is 11.9. The lowest BCUT2D eigenvalue weighted by molar-refractivity contribution is -0.163.